The van der Waals surface area contributed by atoms with Crippen LogP contribution in [0.3, 0.4) is 0 Å². The van der Waals surface area contributed by atoms with Crippen LogP contribution in [0.25, 0.3) is 17.1 Å². The van der Waals surface area contributed by atoms with Gasteiger partial charge in [-0.05, 0) is 79.9 Å². The van der Waals surface area contributed by atoms with E-state index in [2.05, 4.69) is 10.3 Å². The maximum Gasteiger partial charge on any atom is 0.333 e. The Labute approximate surface area is 230 Å². The first kappa shape index (κ1) is 27.2. The molecule has 2 aromatic heterocycles. The highest BCUT2D eigenvalue weighted by atomic mass is 32.2. The van der Waals surface area contributed by atoms with Gasteiger partial charge in [0.2, 0.25) is 5.91 Å². The molecule has 3 aromatic rings. The first-order chi connectivity index (χ1) is 18.8. The highest BCUT2D eigenvalue weighted by molar-refractivity contribution is 7.99. The molecule has 206 valence electrons. The van der Waals surface area contributed by atoms with Crippen molar-refractivity contribution in [2.45, 2.75) is 56.7 Å². The number of thioether (sulfide) groups is 1. The molecule has 1 amide bonds. The second-order valence-electron chi connectivity index (χ2n) is 10.5. The molecule has 1 saturated heterocycles. The number of nitrogens with zero attached hydrogens (tertiary/aromatic N) is 4. The van der Waals surface area contributed by atoms with E-state index in [1.807, 2.05) is 55.0 Å². The topological polar surface area (TPSA) is 89.2 Å². The van der Waals surface area contributed by atoms with Crippen LogP contribution in [-0.2, 0) is 4.79 Å². The fourth-order valence-electron chi connectivity index (χ4n) is 5.58. The molecule has 0 spiro atoms. The van der Waals surface area contributed by atoms with Gasteiger partial charge in [0.1, 0.15) is 11.5 Å². The zero-order valence-corrected chi connectivity index (χ0v) is 23.1. The number of hydrogen-bond acceptors (Lipinski definition) is 6. The van der Waals surface area contributed by atoms with Crippen molar-refractivity contribution < 1.29 is 9.18 Å². The van der Waals surface area contributed by atoms with Gasteiger partial charge >= 0.3 is 5.69 Å². The molecule has 2 fully saturated rings. The third kappa shape index (κ3) is 5.95. The van der Waals surface area contributed by atoms with Crippen molar-refractivity contribution in [1.29, 1.82) is 0 Å². The van der Waals surface area contributed by atoms with Gasteiger partial charge in [0.05, 0.1) is 11.6 Å². The molecular weight excluding hydrogens is 517 g/mol. The van der Waals surface area contributed by atoms with Gasteiger partial charge in [-0.15, -0.1) is 0 Å². The zero-order valence-electron chi connectivity index (χ0n) is 22.3. The Balaban J connectivity index is 1.30. The monoisotopic (exact) mass is 551 g/mol. The van der Waals surface area contributed by atoms with Crippen LogP contribution >= 0.6 is 11.8 Å². The van der Waals surface area contributed by atoms with Crippen molar-refractivity contribution in [3.05, 3.63) is 74.8 Å². The molecule has 3 heterocycles. The summed E-state index contributed by atoms with van der Waals surface area (Å²) >= 11 is 1.85. The summed E-state index contributed by atoms with van der Waals surface area (Å²) in [6, 6.07) is 8.72. The van der Waals surface area contributed by atoms with Gasteiger partial charge in [0.25, 0.3) is 5.56 Å². The molecule has 2 aliphatic rings. The van der Waals surface area contributed by atoms with Crippen LogP contribution in [0.15, 0.2) is 52.2 Å². The number of benzene rings is 1. The Morgan fingerprint density at radius 2 is 1.69 bits per heavy atom. The van der Waals surface area contributed by atoms with E-state index in [0.717, 1.165) is 41.8 Å². The Bertz CT molecular complexity index is 1480. The van der Waals surface area contributed by atoms with Crippen LogP contribution in [0, 0.1) is 5.82 Å². The lowest BCUT2D eigenvalue weighted by Gasteiger charge is -2.31. The molecule has 39 heavy (non-hydrogen) atoms. The molecule has 0 radical (unpaired) electrons. The second kappa shape index (κ2) is 11.8. The number of anilines is 1. The Kier molecular flexibility index (Phi) is 8.20. The Morgan fingerprint density at radius 3 is 2.36 bits per heavy atom. The van der Waals surface area contributed by atoms with Crippen molar-refractivity contribution in [2.24, 2.45) is 0 Å². The predicted molar refractivity (Wildman–Crippen MR) is 155 cm³/mol. The minimum absolute atomic E-state index is 0.0395. The number of halogens is 1. The third-order valence-electron chi connectivity index (χ3n) is 7.72. The molecule has 1 aliphatic heterocycles. The molecule has 0 atom stereocenters. The first-order valence-electron chi connectivity index (χ1n) is 13.5. The maximum atomic E-state index is 14.1. The number of carbonyl (C=O) groups is 1. The summed E-state index contributed by atoms with van der Waals surface area (Å²) in [7, 11) is 3.96. The van der Waals surface area contributed by atoms with Crippen LogP contribution in [0.2, 0.25) is 0 Å². The number of rotatable bonds is 6. The summed E-state index contributed by atoms with van der Waals surface area (Å²) in [6.45, 7) is 0. The quantitative estimate of drug-likeness (QED) is 0.463. The lowest BCUT2D eigenvalue weighted by atomic mass is 9.91. The number of pyridine rings is 1. The van der Waals surface area contributed by atoms with E-state index in [-0.39, 0.29) is 40.8 Å². The molecule has 0 bridgehead atoms. The predicted octanol–water partition coefficient (Wildman–Crippen LogP) is 4.14. The lowest BCUT2D eigenvalue weighted by Crippen LogP contribution is -2.46. The molecule has 1 saturated carbocycles. The normalized spacial score (nSPS) is 20.4. The summed E-state index contributed by atoms with van der Waals surface area (Å²) in [5.74, 6) is 1.10. The van der Waals surface area contributed by atoms with E-state index >= 15 is 0 Å². The van der Waals surface area contributed by atoms with Crippen molar-refractivity contribution in [3.63, 3.8) is 0 Å². The molecule has 10 heteroatoms. The SMILES string of the molecule is CN(C)c1ccc(/C=C/C(=O)NC2CCC(n3c(=O)c4cc(F)cnc4n(C4CCSCC4)c3=O)CC2)cc1. The van der Waals surface area contributed by atoms with Gasteiger partial charge in [-0.25, -0.2) is 14.2 Å². The number of hydrogen-bond donors (Lipinski definition) is 1. The van der Waals surface area contributed by atoms with Gasteiger partial charge < -0.3 is 10.2 Å². The number of aromatic nitrogens is 3. The van der Waals surface area contributed by atoms with Crippen LogP contribution in [0.5, 0.6) is 0 Å². The minimum Gasteiger partial charge on any atom is -0.378 e. The largest absolute Gasteiger partial charge is 0.378 e. The summed E-state index contributed by atoms with van der Waals surface area (Å²) in [5.41, 5.74) is 1.45. The second-order valence-corrected chi connectivity index (χ2v) is 11.8. The van der Waals surface area contributed by atoms with Crippen molar-refractivity contribution >= 4 is 40.5 Å². The molecule has 5 rings (SSSR count). The van der Waals surface area contributed by atoms with E-state index in [1.165, 1.54) is 16.7 Å². The third-order valence-corrected chi connectivity index (χ3v) is 8.77. The van der Waals surface area contributed by atoms with Crippen LogP contribution in [0.4, 0.5) is 10.1 Å². The van der Waals surface area contributed by atoms with Crippen LogP contribution in [0.1, 0.15) is 56.2 Å². The fraction of sp³-hybridized carbons (Fsp3) is 0.448. The average molecular weight is 552 g/mol. The molecule has 1 aliphatic carbocycles. The highest BCUT2D eigenvalue weighted by Gasteiger charge is 2.29. The van der Waals surface area contributed by atoms with Crippen molar-refractivity contribution in [2.75, 3.05) is 30.5 Å². The van der Waals surface area contributed by atoms with Crippen LogP contribution < -0.4 is 21.5 Å². The van der Waals surface area contributed by atoms with E-state index in [4.69, 9.17) is 0 Å². The Hall–Kier alpha value is -3.40. The van der Waals surface area contributed by atoms with E-state index < -0.39 is 11.4 Å². The summed E-state index contributed by atoms with van der Waals surface area (Å²) in [5, 5.41) is 3.20. The average Bonchev–Trinajstić information content (AvgIpc) is 2.94. The number of amides is 1. The first-order valence-corrected chi connectivity index (χ1v) is 14.6. The standard InChI is InChI=1S/C29H34FN5O3S/c1-33(2)22-8-3-19(4-9-22)5-12-26(36)32-21-6-10-23(11-7-21)35-28(37)25-17-20(30)18-31-27(25)34(29(35)38)24-13-15-39-16-14-24/h3-5,8-9,12,17-18,21,23-24H,6-7,10-11,13-16H2,1-2H3,(H,32,36)/b12-5+. The summed E-state index contributed by atoms with van der Waals surface area (Å²) < 4.78 is 17.1. The fourth-order valence-corrected chi connectivity index (χ4v) is 6.66. The minimum atomic E-state index is -0.594. The molecule has 0 unspecified atom stereocenters. The van der Waals surface area contributed by atoms with E-state index in [0.29, 0.717) is 25.7 Å². The van der Waals surface area contributed by atoms with Gasteiger partial charge in [0.15, 0.2) is 0 Å². The lowest BCUT2D eigenvalue weighted by molar-refractivity contribution is -0.117. The van der Waals surface area contributed by atoms with E-state index in [9.17, 15) is 18.8 Å². The molecule has 1 aromatic carbocycles. The van der Waals surface area contributed by atoms with Gasteiger partial charge in [-0.3, -0.25) is 18.7 Å². The van der Waals surface area contributed by atoms with Gasteiger partial charge in [-0.2, -0.15) is 11.8 Å². The highest BCUT2D eigenvalue weighted by Crippen LogP contribution is 2.30. The maximum absolute atomic E-state index is 14.1. The number of carbonyl (C=O) groups excluding carboxylic acids is 1. The summed E-state index contributed by atoms with van der Waals surface area (Å²) in [6.07, 6.45) is 8.45. The van der Waals surface area contributed by atoms with Crippen molar-refractivity contribution in [1.82, 2.24) is 19.4 Å². The number of fused-ring (bicyclic) bond motifs is 1. The van der Waals surface area contributed by atoms with Gasteiger partial charge in [0, 0.05) is 44.0 Å². The smallest absolute Gasteiger partial charge is 0.333 e. The number of nitrogens with one attached hydrogen (secondary N) is 1. The van der Waals surface area contributed by atoms with Crippen LogP contribution in [-0.4, -0.2) is 51.7 Å². The Morgan fingerprint density at radius 1 is 1.03 bits per heavy atom. The van der Waals surface area contributed by atoms with E-state index in [1.54, 1.807) is 10.6 Å². The van der Waals surface area contributed by atoms with Crippen molar-refractivity contribution in [3.8, 4) is 0 Å². The zero-order chi connectivity index (χ0) is 27.5. The summed E-state index contributed by atoms with van der Waals surface area (Å²) in [4.78, 5) is 45.9. The molecule has 1 N–H and O–H groups in total. The molecule has 8 nitrogen and oxygen atoms in total. The molecular formula is C29H34FN5O3S. The van der Waals surface area contributed by atoms with Gasteiger partial charge in [-0.1, -0.05) is 12.1 Å².